The molecule has 0 saturated carbocycles. The van der Waals surface area contributed by atoms with Gasteiger partial charge in [-0.25, -0.2) is 0 Å². The molecule has 0 saturated heterocycles. The van der Waals surface area contributed by atoms with Crippen molar-refractivity contribution in [2.75, 3.05) is 7.11 Å². The van der Waals surface area contributed by atoms with Crippen LogP contribution in [0.4, 0.5) is 0 Å². The summed E-state index contributed by atoms with van der Waals surface area (Å²) < 4.78 is 5.23. The molecule has 20 heavy (non-hydrogen) atoms. The quantitative estimate of drug-likeness (QED) is 0.404. The van der Waals surface area contributed by atoms with Crippen molar-refractivity contribution in [1.29, 1.82) is 0 Å². The summed E-state index contributed by atoms with van der Waals surface area (Å²) in [6, 6.07) is 7.22. The lowest BCUT2D eigenvalue weighted by atomic mass is 9.98. The van der Waals surface area contributed by atoms with Gasteiger partial charge >= 0.3 is 0 Å². The van der Waals surface area contributed by atoms with E-state index in [4.69, 9.17) is 4.74 Å². The number of hydrogen-bond acceptors (Lipinski definition) is 5. The Morgan fingerprint density at radius 1 is 0.750 bits per heavy atom. The Balaban J connectivity index is 2.65. The van der Waals surface area contributed by atoms with E-state index in [1.807, 2.05) is 0 Å². The average molecular weight is 272 g/mol. The summed E-state index contributed by atoms with van der Waals surface area (Å²) in [6.45, 7) is 0. The van der Waals surface area contributed by atoms with Gasteiger partial charge in [-0.05, 0) is 29.7 Å². The molecule has 4 N–H and O–H groups in total. The predicted octanol–water partition coefficient (Wildman–Crippen LogP) is 2.82. The van der Waals surface area contributed by atoms with E-state index in [0.29, 0.717) is 21.9 Å². The van der Waals surface area contributed by atoms with Crippen molar-refractivity contribution in [3.63, 3.8) is 0 Å². The Kier molecular flexibility index (Phi) is 2.50. The smallest absolute Gasteiger partial charge is 0.166 e. The molecule has 0 unspecified atom stereocenters. The second-order valence-corrected chi connectivity index (χ2v) is 4.50. The van der Waals surface area contributed by atoms with Crippen LogP contribution >= 0.6 is 0 Å². The molecule has 5 heteroatoms. The van der Waals surface area contributed by atoms with E-state index < -0.39 is 0 Å². The third kappa shape index (κ3) is 1.56. The van der Waals surface area contributed by atoms with Crippen molar-refractivity contribution in [2.45, 2.75) is 0 Å². The molecule has 3 aromatic carbocycles. The summed E-state index contributed by atoms with van der Waals surface area (Å²) in [5.74, 6) is -0.458. The Bertz CT molecular complexity index is 839. The maximum absolute atomic E-state index is 10.1. The fraction of sp³-hybridized carbons (Fsp3) is 0.0667. The Labute approximate surface area is 113 Å². The first kappa shape index (κ1) is 12.2. The standard InChI is InChI=1S/C15H12O5/c1-20-12-6-8(17)5-11-13(12)9-3-2-7(16)4-10(9)14(18)15(11)19/h2-6,16-19H,1H3. The van der Waals surface area contributed by atoms with E-state index in [2.05, 4.69) is 0 Å². The number of phenols is 4. The normalized spacial score (nSPS) is 11.1. The Morgan fingerprint density at radius 2 is 1.40 bits per heavy atom. The first-order chi connectivity index (χ1) is 9.52. The topological polar surface area (TPSA) is 90.2 Å². The lowest BCUT2D eigenvalue weighted by molar-refractivity contribution is 0.407. The Morgan fingerprint density at radius 3 is 2.10 bits per heavy atom. The summed E-state index contributed by atoms with van der Waals surface area (Å²) in [5.41, 5.74) is 0. The highest BCUT2D eigenvalue weighted by molar-refractivity contribution is 6.16. The molecule has 0 aromatic heterocycles. The second-order valence-electron chi connectivity index (χ2n) is 4.50. The zero-order valence-electron chi connectivity index (χ0n) is 10.6. The number of rotatable bonds is 1. The number of fused-ring (bicyclic) bond motifs is 3. The molecule has 0 bridgehead atoms. The minimum absolute atomic E-state index is 0.0238. The predicted molar refractivity (Wildman–Crippen MR) is 74.7 cm³/mol. The van der Waals surface area contributed by atoms with Crippen LogP contribution in [-0.4, -0.2) is 27.5 Å². The fourth-order valence-corrected chi connectivity index (χ4v) is 2.43. The second kappa shape index (κ2) is 4.09. The molecule has 0 spiro atoms. The highest BCUT2D eigenvalue weighted by Gasteiger charge is 2.17. The van der Waals surface area contributed by atoms with Crippen LogP contribution in [0.2, 0.25) is 0 Å². The molecule has 3 rings (SSSR count). The van der Waals surface area contributed by atoms with E-state index >= 15 is 0 Å². The molecule has 0 aliphatic rings. The minimum Gasteiger partial charge on any atom is -0.508 e. The molecule has 0 atom stereocenters. The maximum atomic E-state index is 10.1. The first-order valence-corrected chi connectivity index (χ1v) is 5.90. The van der Waals surface area contributed by atoms with Crippen molar-refractivity contribution < 1.29 is 25.2 Å². The minimum atomic E-state index is -0.368. The van der Waals surface area contributed by atoms with Crippen LogP contribution in [0.3, 0.4) is 0 Å². The lowest BCUT2D eigenvalue weighted by Crippen LogP contribution is -1.88. The molecule has 0 aliphatic carbocycles. The summed E-state index contributed by atoms with van der Waals surface area (Å²) in [7, 11) is 1.45. The molecule has 0 aliphatic heterocycles. The van der Waals surface area contributed by atoms with Gasteiger partial charge in [0.15, 0.2) is 11.5 Å². The van der Waals surface area contributed by atoms with E-state index in [0.717, 1.165) is 0 Å². The SMILES string of the molecule is COc1cc(O)cc2c(O)c(O)c3cc(O)ccc3c12. The van der Waals surface area contributed by atoms with Gasteiger partial charge in [0.2, 0.25) is 0 Å². The lowest BCUT2D eigenvalue weighted by Gasteiger charge is -2.13. The highest BCUT2D eigenvalue weighted by atomic mass is 16.5. The van der Waals surface area contributed by atoms with E-state index in [1.54, 1.807) is 6.07 Å². The molecule has 5 nitrogen and oxygen atoms in total. The van der Waals surface area contributed by atoms with Crippen LogP contribution in [0.5, 0.6) is 28.7 Å². The van der Waals surface area contributed by atoms with Gasteiger partial charge in [-0.3, -0.25) is 0 Å². The van der Waals surface area contributed by atoms with E-state index in [1.165, 1.54) is 31.4 Å². The summed E-state index contributed by atoms with van der Waals surface area (Å²) in [5, 5.41) is 41.1. The van der Waals surface area contributed by atoms with Gasteiger partial charge in [-0.1, -0.05) is 0 Å². The highest BCUT2D eigenvalue weighted by Crippen LogP contribution is 2.47. The molecular formula is C15H12O5. The molecule has 0 amide bonds. The molecule has 0 fully saturated rings. The van der Waals surface area contributed by atoms with Gasteiger partial charge in [0.05, 0.1) is 7.11 Å². The van der Waals surface area contributed by atoms with Crippen molar-refractivity contribution in [3.8, 4) is 28.7 Å². The van der Waals surface area contributed by atoms with Gasteiger partial charge < -0.3 is 25.2 Å². The molecular weight excluding hydrogens is 260 g/mol. The van der Waals surface area contributed by atoms with Crippen molar-refractivity contribution in [3.05, 3.63) is 30.3 Å². The molecule has 0 radical (unpaired) electrons. The number of methoxy groups -OCH3 is 1. The zero-order chi connectivity index (χ0) is 14.4. The largest absolute Gasteiger partial charge is 0.508 e. The van der Waals surface area contributed by atoms with Crippen molar-refractivity contribution in [2.24, 2.45) is 0 Å². The summed E-state index contributed by atoms with van der Waals surface area (Å²) >= 11 is 0. The zero-order valence-corrected chi connectivity index (χ0v) is 10.6. The molecule has 102 valence electrons. The fourth-order valence-electron chi connectivity index (χ4n) is 2.43. The van der Waals surface area contributed by atoms with Gasteiger partial charge in [0.25, 0.3) is 0 Å². The summed E-state index contributed by atoms with van der Waals surface area (Å²) in [6.07, 6.45) is 0. The van der Waals surface area contributed by atoms with Crippen LogP contribution < -0.4 is 4.74 Å². The number of ether oxygens (including phenoxy) is 1. The van der Waals surface area contributed by atoms with Crippen LogP contribution in [0.1, 0.15) is 0 Å². The van der Waals surface area contributed by atoms with Crippen LogP contribution in [0, 0.1) is 0 Å². The van der Waals surface area contributed by atoms with Crippen LogP contribution in [0.15, 0.2) is 30.3 Å². The van der Waals surface area contributed by atoms with Gasteiger partial charge in [-0.2, -0.15) is 0 Å². The first-order valence-electron chi connectivity index (χ1n) is 5.90. The number of aromatic hydroxyl groups is 4. The van der Waals surface area contributed by atoms with Gasteiger partial charge in [-0.15, -0.1) is 0 Å². The average Bonchev–Trinajstić information content (AvgIpc) is 2.44. The summed E-state index contributed by atoms with van der Waals surface area (Å²) in [4.78, 5) is 0. The number of benzene rings is 3. The van der Waals surface area contributed by atoms with Gasteiger partial charge in [0, 0.05) is 22.2 Å². The third-order valence-corrected chi connectivity index (χ3v) is 3.31. The molecule has 0 heterocycles. The van der Waals surface area contributed by atoms with Gasteiger partial charge in [0.1, 0.15) is 17.2 Å². The third-order valence-electron chi connectivity index (χ3n) is 3.31. The van der Waals surface area contributed by atoms with Crippen molar-refractivity contribution in [1.82, 2.24) is 0 Å². The monoisotopic (exact) mass is 272 g/mol. The van der Waals surface area contributed by atoms with E-state index in [-0.39, 0.29) is 28.4 Å². The maximum Gasteiger partial charge on any atom is 0.166 e. The van der Waals surface area contributed by atoms with Crippen LogP contribution in [0.25, 0.3) is 21.5 Å². The Hall–Kier alpha value is -2.82. The van der Waals surface area contributed by atoms with E-state index in [9.17, 15) is 20.4 Å². The molecule has 3 aromatic rings. The van der Waals surface area contributed by atoms with Crippen molar-refractivity contribution >= 4 is 21.5 Å². The number of hydrogen-bond donors (Lipinski definition) is 4. The number of phenolic OH excluding ortho intramolecular Hbond substituents is 4. The van der Waals surface area contributed by atoms with Crippen LogP contribution in [-0.2, 0) is 0 Å².